The third-order valence-electron chi connectivity index (χ3n) is 3.72. The first-order valence-electron chi connectivity index (χ1n) is 7.80. The maximum absolute atomic E-state index is 5.88. The highest BCUT2D eigenvalue weighted by Crippen LogP contribution is 2.19. The lowest BCUT2D eigenvalue weighted by Gasteiger charge is -2.21. The van der Waals surface area contributed by atoms with Crippen LogP contribution in [-0.4, -0.2) is 34.2 Å². The van der Waals surface area contributed by atoms with Gasteiger partial charge in [0.15, 0.2) is 0 Å². The highest BCUT2D eigenvalue weighted by Gasteiger charge is 2.15. The Labute approximate surface area is 122 Å². The summed E-state index contributed by atoms with van der Waals surface area (Å²) in [7, 11) is 0. The summed E-state index contributed by atoms with van der Waals surface area (Å²) in [4.78, 5) is 0. The van der Waals surface area contributed by atoms with Crippen LogP contribution in [0.4, 0.5) is 0 Å². The molecule has 1 N–H and O–H groups in total. The van der Waals surface area contributed by atoms with Crippen molar-refractivity contribution in [2.24, 2.45) is 0 Å². The Bertz CT molecular complexity index is 391. The van der Waals surface area contributed by atoms with Gasteiger partial charge in [0.2, 0.25) is 0 Å². The minimum Gasteiger partial charge on any atom is -0.377 e. The summed E-state index contributed by atoms with van der Waals surface area (Å²) in [6, 6.07) is 0. The van der Waals surface area contributed by atoms with Crippen LogP contribution < -0.4 is 5.32 Å². The Balaban J connectivity index is 1.60. The number of ether oxygens (including phenoxy) is 1. The molecule has 5 heteroatoms. The third kappa shape index (κ3) is 4.87. The molecule has 0 radical (unpaired) electrons. The van der Waals surface area contributed by atoms with Gasteiger partial charge in [-0.3, -0.25) is 0 Å². The van der Waals surface area contributed by atoms with E-state index in [1.165, 1.54) is 32.1 Å². The highest BCUT2D eigenvalue weighted by atomic mass is 16.5. The Kier molecular flexibility index (Phi) is 5.54. The van der Waals surface area contributed by atoms with Gasteiger partial charge in [-0.25, -0.2) is 4.68 Å². The lowest BCUT2D eigenvalue weighted by molar-refractivity contribution is 0.0302. The second-order valence-electron chi connectivity index (χ2n) is 6.63. The Morgan fingerprint density at radius 3 is 2.70 bits per heavy atom. The number of aromatic nitrogens is 3. The first-order chi connectivity index (χ1) is 9.55. The van der Waals surface area contributed by atoms with Gasteiger partial charge in [-0.15, -0.1) is 5.10 Å². The van der Waals surface area contributed by atoms with Gasteiger partial charge in [-0.2, -0.15) is 0 Å². The zero-order valence-electron chi connectivity index (χ0n) is 13.1. The molecular formula is C15H28N4O. The summed E-state index contributed by atoms with van der Waals surface area (Å²) in [6.45, 7) is 8.78. The number of hydrogen-bond donors (Lipinski definition) is 1. The van der Waals surface area contributed by atoms with Gasteiger partial charge in [-0.05, 0) is 33.6 Å². The van der Waals surface area contributed by atoms with Gasteiger partial charge >= 0.3 is 0 Å². The molecule has 1 aromatic rings. The molecule has 1 heterocycles. The van der Waals surface area contributed by atoms with Crippen LogP contribution in [0.5, 0.6) is 0 Å². The lowest BCUT2D eigenvalue weighted by atomic mass is 9.98. The number of hydrogen-bond acceptors (Lipinski definition) is 4. The van der Waals surface area contributed by atoms with Gasteiger partial charge in [0.25, 0.3) is 0 Å². The summed E-state index contributed by atoms with van der Waals surface area (Å²) in [5.41, 5.74) is 0.979. The maximum Gasteiger partial charge on any atom is 0.0965 e. The van der Waals surface area contributed by atoms with E-state index in [-0.39, 0.29) is 5.54 Å². The Morgan fingerprint density at radius 2 is 2.05 bits per heavy atom. The predicted molar refractivity (Wildman–Crippen MR) is 79.5 cm³/mol. The van der Waals surface area contributed by atoms with E-state index in [1.807, 2.05) is 10.9 Å². The topological polar surface area (TPSA) is 52.0 Å². The normalized spacial score (nSPS) is 17.6. The zero-order valence-corrected chi connectivity index (χ0v) is 13.1. The number of rotatable bonds is 6. The van der Waals surface area contributed by atoms with Crippen LogP contribution in [0.15, 0.2) is 6.20 Å². The fourth-order valence-electron chi connectivity index (χ4n) is 2.45. The van der Waals surface area contributed by atoms with Crippen molar-refractivity contribution >= 4 is 0 Å². The van der Waals surface area contributed by atoms with Gasteiger partial charge in [0.05, 0.1) is 30.1 Å². The SMILES string of the molecule is CC(C)(C)n1cc(CNCCOC2CCCCC2)nn1. The average molecular weight is 280 g/mol. The van der Waals surface area contributed by atoms with Crippen LogP contribution in [0, 0.1) is 0 Å². The van der Waals surface area contributed by atoms with E-state index >= 15 is 0 Å². The fraction of sp³-hybridized carbons (Fsp3) is 0.867. The molecule has 20 heavy (non-hydrogen) atoms. The summed E-state index contributed by atoms with van der Waals surface area (Å²) in [6.07, 6.45) is 9.01. The molecule has 0 aliphatic heterocycles. The Hall–Kier alpha value is -0.940. The van der Waals surface area contributed by atoms with Gasteiger partial charge in [-0.1, -0.05) is 24.5 Å². The second kappa shape index (κ2) is 7.18. The third-order valence-corrected chi connectivity index (χ3v) is 3.72. The molecule has 0 unspecified atom stereocenters. The predicted octanol–water partition coefficient (Wildman–Crippen LogP) is 2.47. The van der Waals surface area contributed by atoms with E-state index in [0.717, 1.165) is 25.4 Å². The first kappa shape index (κ1) is 15.4. The van der Waals surface area contributed by atoms with E-state index in [0.29, 0.717) is 6.10 Å². The highest BCUT2D eigenvalue weighted by molar-refractivity contribution is 4.93. The van der Waals surface area contributed by atoms with E-state index in [9.17, 15) is 0 Å². The lowest BCUT2D eigenvalue weighted by Crippen LogP contribution is -2.24. The molecule has 1 aliphatic carbocycles. The number of nitrogens with one attached hydrogen (secondary N) is 1. The quantitative estimate of drug-likeness (QED) is 0.813. The summed E-state index contributed by atoms with van der Waals surface area (Å²) in [5, 5.41) is 11.7. The van der Waals surface area contributed by atoms with Crippen LogP contribution in [0.25, 0.3) is 0 Å². The van der Waals surface area contributed by atoms with Crippen molar-refractivity contribution in [3.63, 3.8) is 0 Å². The van der Waals surface area contributed by atoms with Crippen molar-refractivity contribution in [1.82, 2.24) is 20.3 Å². The van der Waals surface area contributed by atoms with Crippen LogP contribution >= 0.6 is 0 Å². The molecular weight excluding hydrogens is 252 g/mol. The molecule has 0 spiro atoms. The molecule has 0 saturated heterocycles. The van der Waals surface area contributed by atoms with E-state index in [1.54, 1.807) is 0 Å². The van der Waals surface area contributed by atoms with Crippen molar-refractivity contribution in [1.29, 1.82) is 0 Å². The molecule has 114 valence electrons. The zero-order chi connectivity index (χ0) is 14.4. The fourth-order valence-corrected chi connectivity index (χ4v) is 2.45. The monoisotopic (exact) mass is 280 g/mol. The van der Waals surface area contributed by atoms with Gasteiger partial charge in [0.1, 0.15) is 0 Å². The second-order valence-corrected chi connectivity index (χ2v) is 6.63. The van der Waals surface area contributed by atoms with Crippen molar-refractivity contribution in [2.45, 2.75) is 71.1 Å². The largest absolute Gasteiger partial charge is 0.377 e. The van der Waals surface area contributed by atoms with Crippen LogP contribution in [0.3, 0.4) is 0 Å². The smallest absolute Gasteiger partial charge is 0.0965 e. The minimum atomic E-state index is -0.00462. The summed E-state index contributed by atoms with van der Waals surface area (Å²) in [5.74, 6) is 0. The van der Waals surface area contributed by atoms with Crippen molar-refractivity contribution in [3.8, 4) is 0 Å². The Morgan fingerprint density at radius 1 is 1.30 bits per heavy atom. The van der Waals surface area contributed by atoms with Crippen LogP contribution in [0.1, 0.15) is 58.6 Å². The van der Waals surface area contributed by atoms with Crippen LogP contribution in [0.2, 0.25) is 0 Å². The first-order valence-corrected chi connectivity index (χ1v) is 7.80. The molecule has 5 nitrogen and oxygen atoms in total. The van der Waals surface area contributed by atoms with E-state index in [4.69, 9.17) is 4.74 Å². The average Bonchev–Trinajstić information content (AvgIpc) is 2.88. The molecule has 0 atom stereocenters. The van der Waals surface area contributed by atoms with Crippen LogP contribution in [-0.2, 0) is 16.8 Å². The van der Waals surface area contributed by atoms with Crippen molar-refractivity contribution < 1.29 is 4.74 Å². The van der Waals surface area contributed by atoms with Gasteiger partial charge in [0, 0.05) is 13.1 Å². The molecule has 0 amide bonds. The molecule has 1 aromatic heterocycles. The van der Waals surface area contributed by atoms with E-state index < -0.39 is 0 Å². The van der Waals surface area contributed by atoms with Crippen molar-refractivity contribution in [3.05, 3.63) is 11.9 Å². The molecule has 0 bridgehead atoms. The molecule has 1 fully saturated rings. The summed E-state index contributed by atoms with van der Waals surface area (Å²) < 4.78 is 7.78. The number of nitrogens with zero attached hydrogens (tertiary/aromatic N) is 3. The van der Waals surface area contributed by atoms with E-state index in [2.05, 4.69) is 36.4 Å². The minimum absolute atomic E-state index is 0.00462. The standard InChI is InChI=1S/C15H28N4O/c1-15(2,3)19-12-13(17-18-19)11-16-9-10-20-14-7-5-4-6-8-14/h12,14,16H,4-11H2,1-3H3. The summed E-state index contributed by atoms with van der Waals surface area (Å²) >= 11 is 0. The van der Waals surface area contributed by atoms with Gasteiger partial charge < -0.3 is 10.1 Å². The molecule has 1 aliphatic rings. The maximum atomic E-state index is 5.88. The van der Waals surface area contributed by atoms with Crippen molar-refractivity contribution in [2.75, 3.05) is 13.2 Å². The molecule has 0 aromatic carbocycles. The molecule has 2 rings (SSSR count). The molecule has 1 saturated carbocycles.